The second-order valence-electron chi connectivity index (χ2n) is 6.89. The molecule has 2 atom stereocenters. The number of aliphatic hydroxyl groups is 1. The molecule has 0 spiro atoms. The van der Waals surface area contributed by atoms with Gasteiger partial charge < -0.3 is 25.6 Å². The zero-order valence-electron chi connectivity index (χ0n) is 16.7. The molecule has 2 rings (SSSR count). The van der Waals surface area contributed by atoms with Crippen LogP contribution in [0.2, 0.25) is 0 Å². The molecule has 0 aliphatic rings. The first-order valence-corrected chi connectivity index (χ1v) is 9.54. The second kappa shape index (κ2) is 11.6. The third-order valence-corrected chi connectivity index (χ3v) is 4.43. The van der Waals surface area contributed by atoms with Crippen molar-refractivity contribution >= 4 is 18.0 Å². The van der Waals surface area contributed by atoms with Crippen molar-refractivity contribution in [2.45, 2.75) is 38.5 Å². The molecule has 0 bridgehead atoms. The summed E-state index contributed by atoms with van der Waals surface area (Å²) in [6.45, 7) is 1.75. The van der Waals surface area contributed by atoms with Gasteiger partial charge >= 0.3 is 12.1 Å². The van der Waals surface area contributed by atoms with Crippen molar-refractivity contribution in [1.29, 1.82) is 0 Å². The summed E-state index contributed by atoms with van der Waals surface area (Å²) in [4.78, 5) is 35.3. The summed E-state index contributed by atoms with van der Waals surface area (Å²) in [6.07, 6.45) is -2.12. The van der Waals surface area contributed by atoms with Crippen LogP contribution < -0.4 is 10.6 Å². The van der Waals surface area contributed by atoms with Crippen LogP contribution in [-0.2, 0) is 27.4 Å². The number of rotatable bonds is 10. The van der Waals surface area contributed by atoms with Crippen molar-refractivity contribution in [3.8, 4) is 0 Å². The number of hydrogen-bond donors (Lipinski definition) is 4. The number of carbonyl (C=O) groups is 3. The maximum absolute atomic E-state index is 12.1. The van der Waals surface area contributed by atoms with Gasteiger partial charge in [-0.2, -0.15) is 0 Å². The molecule has 0 saturated heterocycles. The fourth-order valence-corrected chi connectivity index (χ4v) is 2.77. The maximum Gasteiger partial charge on any atom is 0.407 e. The number of hydrogen-bond acceptors (Lipinski definition) is 5. The van der Waals surface area contributed by atoms with Gasteiger partial charge in [0.15, 0.2) is 0 Å². The number of benzene rings is 2. The summed E-state index contributed by atoms with van der Waals surface area (Å²) in [5.74, 6) is -1.79. The van der Waals surface area contributed by atoms with Crippen molar-refractivity contribution in [3.05, 3.63) is 71.3 Å². The fraction of sp³-hybridized carbons (Fsp3) is 0.318. The van der Waals surface area contributed by atoms with Crippen molar-refractivity contribution in [1.82, 2.24) is 10.6 Å². The molecule has 0 radical (unpaired) electrons. The van der Waals surface area contributed by atoms with E-state index in [1.807, 2.05) is 49.4 Å². The van der Waals surface area contributed by atoms with Gasteiger partial charge in [-0.25, -0.2) is 9.59 Å². The van der Waals surface area contributed by atoms with Crippen LogP contribution in [0, 0.1) is 6.92 Å². The third-order valence-electron chi connectivity index (χ3n) is 4.43. The van der Waals surface area contributed by atoms with E-state index >= 15 is 0 Å². The molecule has 8 heteroatoms. The Morgan fingerprint density at radius 1 is 1.03 bits per heavy atom. The summed E-state index contributed by atoms with van der Waals surface area (Å²) < 4.78 is 5.02. The highest BCUT2D eigenvalue weighted by Crippen LogP contribution is 2.10. The average molecular weight is 414 g/mol. The Morgan fingerprint density at radius 2 is 1.70 bits per heavy atom. The highest BCUT2D eigenvalue weighted by Gasteiger charge is 2.22. The number of aryl methyl sites for hydroxylation is 1. The highest BCUT2D eigenvalue weighted by atomic mass is 16.5. The van der Waals surface area contributed by atoms with Crippen LogP contribution in [0.4, 0.5) is 4.79 Å². The number of carboxylic acids is 1. The largest absolute Gasteiger partial charge is 0.480 e. The first kappa shape index (κ1) is 22.9. The smallest absolute Gasteiger partial charge is 0.407 e. The molecular formula is C22H26N2O6. The highest BCUT2D eigenvalue weighted by molar-refractivity contribution is 5.84. The molecule has 0 heterocycles. The molecule has 0 aliphatic carbocycles. The molecule has 2 amide bonds. The number of carboxylic acid groups (broad SMARTS) is 1. The van der Waals surface area contributed by atoms with E-state index in [1.54, 1.807) is 12.1 Å². The van der Waals surface area contributed by atoms with Crippen LogP contribution in [0.15, 0.2) is 54.6 Å². The Balaban J connectivity index is 1.74. The Hall–Kier alpha value is -3.39. The van der Waals surface area contributed by atoms with Crippen LogP contribution in [-0.4, -0.2) is 46.9 Å². The lowest BCUT2D eigenvalue weighted by molar-refractivity contribution is -0.142. The molecule has 0 unspecified atom stereocenters. The van der Waals surface area contributed by atoms with Gasteiger partial charge in [-0.05, 0) is 23.6 Å². The van der Waals surface area contributed by atoms with E-state index in [9.17, 15) is 24.6 Å². The number of aliphatic hydroxyl groups excluding tert-OH is 1. The van der Waals surface area contributed by atoms with E-state index in [0.717, 1.165) is 16.7 Å². The molecule has 160 valence electrons. The van der Waals surface area contributed by atoms with Gasteiger partial charge in [0.1, 0.15) is 12.6 Å². The normalized spacial score (nSPS) is 12.5. The van der Waals surface area contributed by atoms with Crippen LogP contribution in [0.3, 0.4) is 0 Å². The first-order chi connectivity index (χ1) is 14.3. The molecule has 0 fully saturated rings. The van der Waals surface area contributed by atoms with Gasteiger partial charge in [0.2, 0.25) is 5.91 Å². The molecule has 0 saturated carbocycles. The van der Waals surface area contributed by atoms with Gasteiger partial charge in [-0.1, -0.05) is 54.6 Å². The van der Waals surface area contributed by atoms with Crippen LogP contribution >= 0.6 is 0 Å². The quantitative estimate of drug-likeness (QED) is 0.470. The predicted octanol–water partition coefficient (Wildman–Crippen LogP) is 1.78. The number of aliphatic carboxylic acids is 1. The monoisotopic (exact) mass is 414 g/mol. The predicted molar refractivity (Wildman–Crippen MR) is 110 cm³/mol. The number of alkyl carbamates (subject to hydrolysis) is 1. The zero-order chi connectivity index (χ0) is 21.9. The zero-order valence-corrected chi connectivity index (χ0v) is 16.7. The fourth-order valence-electron chi connectivity index (χ4n) is 2.77. The van der Waals surface area contributed by atoms with Crippen molar-refractivity contribution in [2.75, 3.05) is 6.54 Å². The topological polar surface area (TPSA) is 125 Å². The van der Waals surface area contributed by atoms with Gasteiger partial charge in [-0.3, -0.25) is 4.79 Å². The van der Waals surface area contributed by atoms with Crippen LogP contribution in [0.5, 0.6) is 0 Å². The summed E-state index contributed by atoms with van der Waals surface area (Å²) in [7, 11) is 0. The summed E-state index contributed by atoms with van der Waals surface area (Å²) in [5.41, 5.74) is 2.56. The van der Waals surface area contributed by atoms with E-state index in [-0.39, 0.29) is 26.0 Å². The Labute approximate surface area is 174 Å². The minimum atomic E-state index is -1.18. The van der Waals surface area contributed by atoms with E-state index in [1.165, 1.54) is 0 Å². The molecule has 0 aliphatic heterocycles. The molecular weight excluding hydrogens is 388 g/mol. The minimum Gasteiger partial charge on any atom is -0.480 e. The lowest BCUT2D eigenvalue weighted by atomic mass is 10.0. The Kier molecular flexibility index (Phi) is 8.83. The Morgan fingerprint density at radius 3 is 2.37 bits per heavy atom. The van der Waals surface area contributed by atoms with Crippen molar-refractivity contribution in [2.24, 2.45) is 0 Å². The van der Waals surface area contributed by atoms with Gasteiger partial charge in [0.05, 0.1) is 12.5 Å². The Bertz CT molecular complexity index is 856. The third kappa shape index (κ3) is 7.92. The van der Waals surface area contributed by atoms with Gasteiger partial charge in [-0.15, -0.1) is 0 Å². The maximum atomic E-state index is 12.1. The number of carbonyl (C=O) groups excluding carboxylic acids is 2. The standard InChI is InChI=1S/C22H26N2O6/c1-15-7-5-6-10-17(15)11-19(21(27)28)24-20(26)12-18(25)13-23-22(29)30-14-16-8-3-2-4-9-16/h2-10,18-19,25H,11-14H2,1H3,(H,23,29)(H,24,26)(H,27,28)/t18-,19-/m1/s1. The minimum absolute atomic E-state index is 0.0858. The first-order valence-electron chi connectivity index (χ1n) is 9.54. The van der Waals surface area contributed by atoms with Crippen LogP contribution in [0.25, 0.3) is 0 Å². The van der Waals surface area contributed by atoms with E-state index in [4.69, 9.17) is 4.74 Å². The lowest BCUT2D eigenvalue weighted by Crippen LogP contribution is -2.44. The molecule has 2 aromatic rings. The average Bonchev–Trinajstić information content (AvgIpc) is 2.72. The SMILES string of the molecule is Cc1ccccc1C[C@@H](NC(=O)C[C@@H](O)CNC(=O)OCc1ccccc1)C(=O)O. The molecule has 2 aromatic carbocycles. The lowest BCUT2D eigenvalue weighted by Gasteiger charge is -2.17. The number of ether oxygens (including phenoxy) is 1. The number of nitrogens with one attached hydrogen (secondary N) is 2. The molecule has 4 N–H and O–H groups in total. The van der Waals surface area contributed by atoms with E-state index in [2.05, 4.69) is 10.6 Å². The summed E-state index contributed by atoms with van der Waals surface area (Å²) >= 11 is 0. The van der Waals surface area contributed by atoms with Gasteiger partial charge in [0, 0.05) is 13.0 Å². The number of amides is 2. The molecule has 0 aromatic heterocycles. The second-order valence-corrected chi connectivity index (χ2v) is 6.89. The van der Waals surface area contributed by atoms with Crippen molar-refractivity contribution in [3.63, 3.8) is 0 Å². The summed E-state index contributed by atoms with van der Waals surface area (Å²) in [6, 6.07) is 15.3. The summed E-state index contributed by atoms with van der Waals surface area (Å²) in [5, 5.41) is 24.1. The van der Waals surface area contributed by atoms with Crippen LogP contribution in [0.1, 0.15) is 23.1 Å². The van der Waals surface area contributed by atoms with Crippen molar-refractivity contribution < 1.29 is 29.3 Å². The van der Waals surface area contributed by atoms with E-state index < -0.39 is 30.1 Å². The molecule has 8 nitrogen and oxygen atoms in total. The van der Waals surface area contributed by atoms with Gasteiger partial charge in [0.25, 0.3) is 0 Å². The van der Waals surface area contributed by atoms with E-state index in [0.29, 0.717) is 0 Å². The molecule has 30 heavy (non-hydrogen) atoms.